The summed E-state index contributed by atoms with van der Waals surface area (Å²) >= 11 is 5.95. The van der Waals surface area contributed by atoms with Gasteiger partial charge in [-0.3, -0.25) is 9.36 Å². The SMILES string of the molecule is Cc1ccc(Cl)cc1NC(=O)Cn1nc2n(c1=O)CCCCC2. The van der Waals surface area contributed by atoms with Crippen molar-refractivity contribution in [3.63, 3.8) is 0 Å². The van der Waals surface area contributed by atoms with Crippen LogP contribution < -0.4 is 11.0 Å². The topological polar surface area (TPSA) is 68.9 Å². The molecule has 0 spiro atoms. The molecule has 0 atom stereocenters. The molecule has 6 nitrogen and oxygen atoms in total. The molecule has 0 unspecified atom stereocenters. The highest BCUT2D eigenvalue weighted by atomic mass is 35.5. The fourth-order valence-electron chi connectivity index (χ4n) is 2.78. The van der Waals surface area contributed by atoms with Crippen molar-refractivity contribution >= 4 is 23.2 Å². The number of hydrogen-bond donors (Lipinski definition) is 1. The lowest BCUT2D eigenvalue weighted by molar-refractivity contribution is -0.117. The van der Waals surface area contributed by atoms with Crippen molar-refractivity contribution in [1.29, 1.82) is 0 Å². The summed E-state index contributed by atoms with van der Waals surface area (Å²) in [6.07, 6.45) is 3.91. The standard InChI is InChI=1S/C16H19ClN4O2/c1-11-6-7-12(17)9-13(11)18-15(22)10-21-16(23)20-8-4-2-3-5-14(20)19-21/h6-7,9H,2-5,8,10H2,1H3,(H,18,22). The number of amides is 1. The lowest BCUT2D eigenvalue weighted by Gasteiger charge is -2.08. The van der Waals surface area contributed by atoms with E-state index in [1.807, 2.05) is 13.0 Å². The number of fused-ring (bicyclic) bond motifs is 1. The number of aryl methyl sites for hydroxylation is 2. The Bertz CT molecular complexity index is 794. The van der Waals surface area contributed by atoms with Crippen LogP contribution in [0, 0.1) is 6.92 Å². The van der Waals surface area contributed by atoms with Gasteiger partial charge in [0, 0.05) is 23.7 Å². The van der Waals surface area contributed by atoms with Crippen molar-refractivity contribution in [2.45, 2.75) is 45.7 Å². The zero-order chi connectivity index (χ0) is 16.4. The van der Waals surface area contributed by atoms with Crippen LogP contribution in [-0.2, 0) is 24.3 Å². The largest absolute Gasteiger partial charge is 0.346 e. The molecule has 0 bridgehead atoms. The van der Waals surface area contributed by atoms with Crippen molar-refractivity contribution in [2.24, 2.45) is 0 Å². The van der Waals surface area contributed by atoms with Crippen LogP contribution in [0.25, 0.3) is 0 Å². The predicted molar refractivity (Wildman–Crippen MR) is 88.9 cm³/mol. The van der Waals surface area contributed by atoms with Gasteiger partial charge in [-0.15, -0.1) is 0 Å². The summed E-state index contributed by atoms with van der Waals surface area (Å²) in [5.74, 6) is 0.491. The molecule has 7 heteroatoms. The third-order valence-corrected chi connectivity index (χ3v) is 4.28. The highest BCUT2D eigenvalue weighted by molar-refractivity contribution is 6.31. The molecule has 23 heavy (non-hydrogen) atoms. The zero-order valence-corrected chi connectivity index (χ0v) is 13.8. The first-order valence-electron chi connectivity index (χ1n) is 7.77. The van der Waals surface area contributed by atoms with E-state index in [4.69, 9.17) is 11.6 Å². The number of carbonyl (C=O) groups is 1. The second-order valence-corrected chi connectivity index (χ2v) is 6.26. The van der Waals surface area contributed by atoms with Crippen LogP contribution >= 0.6 is 11.6 Å². The molecule has 1 aliphatic heterocycles. The van der Waals surface area contributed by atoms with Crippen LogP contribution in [-0.4, -0.2) is 20.3 Å². The fraction of sp³-hybridized carbons (Fsp3) is 0.438. The van der Waals surface area contributed by atoms with Gasteiger partial charge in [-0.2, -0.15) is 5.10 Å². The van der Waals surface area contributed by atoms with Crippen LogP contribution in [0.4, 0.5) is 5.69 Å². The molecule has 1 amide bonds. The minimum Gasteiger partial charge on any atom is -0.324 e. The van der Waals surface area contributed by atoms with Gasteiger partial charge in [-0.25, -0.2) is 9.48 Å². The zero-order valence-electron chi connectivity index (χ0n) is 13.0. The molecule has 3 rings (SSSR count). The van der Waals surface area contributed by atoms with Crippen LogP contribution in [0.2, 0.25) is 5.02 Å². The van der Waals surface area contributed by atoms with E-state index < -0.39 is 0 Å². The van der Waals surface area contributed by atoms with E-state index in [1.165, 1.54) is 4.68 Å². The number of rotatable bonds is 3. The second-order valence-electron chi connectivity index (χ2n) is 5.83. The van der Waals surface area contributed by atoms with Gasteiger partial charge in [-0.05, 0) is 37.5 Å². The quantitative estimate of drug-likeness (QED) is 0.937. The lowest BCUT2D eigenvalue weighted by Crippen LogP contribution is -2.30. The molecule has 0 fully saturated rings. The number of nitrogens with zero attached hydrogens (tertiary/aromatic N) is 3. The van der Waals surface area contributed by atoms with Crippen LogP contribution in [0.5, 0.6) is 0 Å². The van der Waals surface area contributed by atoms with Crippen molar-refractivity contribution in [3.8, 4) is 0 Å². The molecule has 0 radical (unpaired) electrons. The average Bonchev–Trinajstić information content (AvgIpc) is 2.68. The van der Waals surface area contributed by atoms with E-state index in [9.17, 15) is 9.59 Å². The Labute approximate surface area is 139 Å². The normalized spacial score (nSPS) is 14.2. The first-order valence-corrected chi connectivity index (χ1v) is 8.15. The number of halogens is 1. The average molecular weight is 335 g/mol. The minimum atomic E-state index is -0.286. The molecule has 2 aromatic rings. The number of nitrogens with one attached hydrogen (secondary N) is 1. The number of aromatic nitrogens is 3. The van der Waals surface area contributed by atoms with Crippen LogP contribution in [0.15, 0.2) is 23.0 Å². The molecule has 1 N–H and O–H groups in total. The van der Waals surface area contributed by atoms with Gasteiger partial charge in [0.05, 0.1) is 0 Å². The fourth-order valence-corrected chi connectivity index (χ4v) is 2.96. The summed E-state index contributed by atoms with van der Waals surface area (Å²) in [6, 6.07) is 5.30. The van der Waals surface area contributed by atoms with Crippen molar-refractivity contribution in [1.82, 2.24) is 14.3 Å². The third-order valence-electron chi connectivity index (χ3n) is 4.05. The maximum absolute atomic E-state index is 12.3. The van der Waals surface area contributed by atoms with Crippen LogP contribution in [0.3, 0.4) is 0 Å². The first-order chi connectivity index (χ1) is 11.0. The maximum Gasteiger partial charge on any atom is 0.346 e. The summed E-state index contributed by atoms with van der Waals surface area (Å²) in [5, 5.41) is 7.65. The summed E-state index contributed by atoms with van der Waals surface area (Å²) < 4.78 is 2.93. The molecular weight excluding hydrogens is 316 g/mol. The smallest absolute Gasteiger partial charge is 0.324 e. The lowest BCUT2D eigenvalue weighted by atomic mass is 10.2. The van der Waals surface area contributed by atoms with E-state index in [0.717, 1.165) is 37.1 Å². The molecule has 0 saturated carbocycles. The molecule has 0 aliphatic carbocycles. The minimum absolute atomic E-state index is 0.0925. The Balaban J connectivity index is 1.76. The van der Waals surface area contributed by atoms with Gasteiger partial charge in [0.1, 0.15) is 12.4 Å². The Morgan fingerprint density at radius 2 is 2.17 bits per heavy atom. The second kappa shape index (κ2) is 6.58. The van der Waals surface area contributed by atoms with E-state index in [1.54, 1.807) is 16.7 Å². The molecule has 2 heterocycles. The predicted octanol–water partition coefficient (Wildman–Crippen LogP) is 2.37. The van der Waals surface area contributed by atoms with Gasteiger partial charge >= 0.3 is 5.69 Å². The van der Waals surface area contributed by atoms with E-state index >= 15 is 0 Å². The van der Waals surface area contributed by atoms with Gasteiger partial charge < -0.3 is 5.32 Å². The van der Waals surface area contributed by atoms with Crippen molar-refractivity contribution < 1.29 is 4.79 Å². The van der Waals surface area contributed by atoms with Gasteiger partial charge in [0.15, 0.2) is 0 Å². The highest BCUT2D eigenvalue weighted by Crippen LogP contribution is 2.20. The van der Waals surface area contributed by atoms with Gasteiger partial charge in [0.2, 0.25) is 5.91 Å². The monoisotopic (exact) mass is 334 g/mol. The van der Waals surface area contributed by atoms with Gasteiger partial charge in [0.25, 0.3) is 0 Å². The van der Waals surface area contributed by atoms with E-state index in [-0.39, 0.29) is 18.1 Å². The third kappa shape index (κ3) is 3.47. The summed E-state index contributed by atoms with van der Waals surface area (Å²) in [6.45, 7) is 2.48. The van der Waals surface area contributed by atoms with Crippen LogP contribution in [0.1, 0.15) is 30.7 Å². The molecule has 1 aromatic carbocycles. The number of carbonyl (C=O) groups excluding carboxylic acids is 1. The summed E-state index contributed by atoms with van der Waals surface area (Å²) in [5.41, 5.74) is 1.35. The van der Waals surface area contributed by atoms with Crippen molar-refractivity contribution in [3.05, 3.63) is 45.1 Å². The van der Waals surface area contributed by atoms with Crippen molar-refractivity contribution in [2.75, 3.05) is 5.32 Å². The number of benzene rings is 1. The highest BCUT2D eigenvalue weighted by Gasteiger charge is 2.17. The Hall–Kier alpha value is -2.08. The molecule has 1 aromatic heterocycles. The van der Waals surface area contributed by atoms with Gasteiger partial charge in [-0.1, -0.05) is 24.1 Å². The molecule has 1 aliphatic rings. The molecule has 122 valence electrons. The maximum atomic E-state index is 12.3. The van der Waals surface area contributed by atoms with E-state index in [2.05, 4.69) is 10.4 Å². The Morgan fingerprint density at radius 3 is 3.00 bits per heavy atom. The molecular formula is C16H19ClN4O2. The Morgan fingerprint density at radius 1 is 1.35 bits per heavy atom. The Kier molecular flexibility index (Phi) is 4.52. The molecule has 0 saturated heterocycles. The first kappa shape index (κ1) is 15.8. The summed E-state index contributed by atoms with van der Waals surface area (Å²) in [4.78, 5) is 24.6. The van der Waals surface area contributed by atoms with E-state index in [0.29, 0.717) is 17.3 Å². The number of anilines is 1. The summed E-state index contributed by atoms with van der Waals surface area (Å²) in [7, 11) is 0. The number of hydrogen-bond acceptors (Lipinski definition) is 3.